The van der Waals surface area contributed by atoms with Crippen LogP contribution in [0.15, 0.2) is 41.5 Å². The molecule has 10 heteroatoms. The van der Waals surface area contributed by atoms with Gasteiger partial charge in [-0.3, -0.25) is 9.67 Å². The molecule has 1 unspecified atom stereocenters. The molecule has 180 valence electrons. The predicted molar refractivity (Wildman–Crippen MR) is 123 cm³/mol. The Morgan fingerprint density at radius 2 is 1.91 bits per heavy atom. The number of aromatic nitrogens is 3. The largest absolute Gasteiger partial charge is 0.857 e. The minimum atomic E-state index is -4.56. The number of rotatable bonds is 5. The molecule has 2 atom stereocenters. The van der Waals surface area contributed by atoms with Crippen LogP contribution in [0.2, 0.25) is 5.02 Å². The molecule has 0 amide bonds. The third-order valence-electron chi connectivity index (χ3n) is 6.68. The molecule has 5 rings (SSSR count). The van der Waals surface area contributed by atoms with E-state index in [4.69, 9.17) is 11.6 Å². The second kappa shape index (κ2) is 9.09. The molecular formula is C24H24ClF3N5O-. The predicted octanol–water partition coefficient (Wildman–Crippen LogP) is 5.36. The molecule has 1 aromatic carbocycles. The second-order valence-corrected chi connectivity index (χ2v) is 9.49. The van der Waals surface area contributed by atoms with Gasteiger partial charge in [0.15, 0.2) is 0 Å². The molecule has 0 saturated heterocycles. The van der Waals surface area contributed by atoms with Crippen molar-refractivity contribution in [2.45, 2.75) is 69.2 Å². The van der Waals surface area contributed by atoms with Crippen molar-refractivity contribution >= 4 is 34.1 Å². The van der Waals surface area contributed by atoms with Gasteiger partial charge in [0, 0.05) is 34.2 Å². The lowest BCUT2D eigenvalue weighted by Gasteiger charge is -2.31. The molecule has 2 saturated carbocycles. The first-order chi connectivity index (χ1) is 16.3. The minimum absolute atomic E-state index is 0.127. The highest BCUT2D eigenvalue weighted by Crippen LogP contribution is 2.36. The van der Waals surface area contributed by atoms with Crippen LogP contribution >= 0.6 is 11.6 Å². The summed E-state index contributed by atoms with van der Waals surface area (Å²) in [4.78, 5) is 8.22. The molecule has 2 aromatic heterocycles. The first-order valence-corrected chi connectivity index (χ1v) is 11.9. The van der Waals surface area contributed by atoms with Crippen molar-refractivity contribution in [3.8, 4) is 0 Å². The molecule has 2 aliphatic rings. The summed E-state index contributed by atoms with van der Waals surface area (Å²) in [6.45, 7) is 0. The molecule has 2 aliphatic carbocycles. The number of hydrogen-bond acceptors (Lipinski definition) is 5. The normalized spacial score (nSPS) is 22.1. The van der Waals surface area contributed by atoms with Crippen LogP contribution in [-0.2, 0) is 6.18 Å². The zero-order valence-corrected chi connectivity index (χ0v) is 19.1. The molecule has 0 aliphatic heterocycles. The van der Waals surface area contributed by atoms with Crippen LogP contribution in [0.4, 0.5) is 18.9 Å². The SMILES string of the molecule is [O-]C(=NC1CCC[C@H](Nc2cc(C(F)(F)F)nc3ccc(Cl)cc23)C1)c1ccnn1C1CCC1. The summed E-state index contributed by atoms with van der Waals surface area (Å²) in [6, 6.07) is 7.29. The van der Waals surface area contributed by atoms with E-state index in [2.05, 4.69) is 20.4 Å². The molecule has 1 N–H and O–H groups in total. The van der Waals surface area contributed by atoms with Gasteiger partial charge in [0.1, 0.15) is 5.69 Å². The van der Waals surface area contributed by atoms with Crippen molar-refractivity contribution < 1.29 is 18.3 Å². The number of benzene rings is 1. The van der Waals surface area contributed by atoms with E-state index in [0.717, 1.165) is 44.6 Å². The molecule has 34 heavy (non-hydrogen) atoms. The number of hydrogen-bond donors (Lipinski definition) is 1. The molecule has 0 radical (unpaired) electrons. The molecule has 6 nitrogen and oxygen atoms in total. The van der Waals surface area contributed by atoms with Crippen LogP contribution in [0.1, 0.15) is 62.4 Å². The van der Waals surface area contributed by atoms with E-state index in [9.17, 15) is 18.3 Å². The lowest BCUT2D eigenvalue weighted by molar-refractivity contribution is -0.214. The summed E-state index contributed by atoms with van der Waals surface area (Å²) in [5, 5.41) is 21.4. The number of nitrogens with zero attached hydrogens (tertiary/aromatic N) is 4. The first kappa shape index (κ1) is 23.0. The van der Waals surface area contributed by atoms with Crippen molar-refractivity contribution in [3.05, 3.63) is 52.9 Å². The lowest BCUT2D eigenvalue weighted by Crippen LogP contribution is -2.33. The molecule has 0 spiro atoms. The number of aliphatic imine (C=N–C) groups is 1. The van der Waals surface area contributed by atoms with Crippen LogP contribution in [0, 0.1) is 0 Å². The first-order valence-electron chi connectivity index (χ1n) is 11.5. The van der Waals surface area contributed by atoms with Gasteiger partial charge >= 0.3 is 6.18 Å². The van der Waals surface area contributed by atoms with Gasteiger partial charge in [-0.2, -0.15) is 18.3 Å². The fraction of sp³-hybridized carbons (Fsp3) is 0.458. The number of nitrogens with one attached hydrogen (secondary N) is 1. The third kappa shape index (κ3) is 4.71. The van der Waals surface area contributed by atoms with Crippen LogP contribution in [0.25, 0.3) is 10.9 Å². The molecular weight excluding hydrogens is 467 g/mol. The van der Waals surface area contributed by atoms with Crippen molar-refractivity contribution in [1.82, 2.24) is 14.8 Å². The highest BCUT2D eigenvalue weighted by atomic mass is 35.5. The fourth-order valence-electron chi connectivity index (χ4n) is 4.73. The van der Waals surface area contributed by atoms with Crippen LogP contribution in [-0.4, -0.2) is 32.7 Å². The van der Waals surface area contributed by atoms with Gasteiger partial charge in [-0.05, 0) is 75.3 Å². The summed E-state index contributed by atoms with van der Waals surface area (Å²) in [5.41, 5.74) is 0.101. The highest BCUT2D eigenvalue weighted by Gasteiger charge is 2.34. The molecule has 3 aromatic rings. The summed E-state index contributed by atoms with van der Waals surface area (Å²) < 4.78 is 42.1. The third-order valence-corrected chi connectivity index (χ3v) is 6.91. The Bertz CT molecular complexity index is 1220. The highest BCUT2D eigenvalue weighted by molar-refractivity contribution is 6.31. The van der Waals surface area contributed by atoms with Gasteiger partial charge in [0.05, 0.1) is 23.3 Å². The standard InChI is InChI=1S/C24H25ClF3N5O/c25-14-7-8-19-18(11-14)20(13-22(32-19)24(26,27)28)30-15-3-1-4-16(12-15)31-23(34)21-9-10-29-33(21)17-5-2-6-17/h7-11,13,15-17H,1-6,12H2,(H,30,32)(H,31,34)/p-1/t15-,16?/m0/s1. The topological polar surface area (TPSA) is 78.2 Å². The zero-order valence-electron chi connectivity index (χ0n) is 18.4. The number of alkyl halides is 3. The number of pyridine rings is 1. The van der Waals surface area contributed by atoms with E-state index < -0.39 is 11.9 Å². The second-order valence-electron chi connectivity index (χ2n) is 9.06. The van der Waals surface area contributed by atoms with Gasteiger partial charge in [-0.25, -0.2) is 4.98 Å². The number of anilines is 1. The van der Waals surface area contributed by atoms with E-state index in [1.54, 1.807) is 23.0 Å². The Labute approximate surface area is 199 Å². The van der Waals surface area contributed by atoms with E-state index in [0.29, 0.717) is 28.2 Å². The van der Waals surface area contributed by atoms with Crippen molar-refractivity contribution in [1.29, 1.82) is 0 Å². The van der Waals surface area contributed by atoms with E-state index in [-0.39, 0.29) is 29.5 Å². The van der Waals surface area contributed by atoms with Gasteiger partial charge in [-0.1, -0.05) is 11.6 Å². The molecule has 2 fully saturated rings. The minimum Gasteiger partial charge on any atom is -0.857 e. The van der Waals surface area contributed by atoms with Crippen molar-refractivity contribution in [2.24, 2.45) is 4.99 Å². The fourth-order valence-corrected chi connectivity index (χ4v) is 4.90. The van der Waals surface area contributed by atoms with E-state index in [1.165, 1.54) is 12.1 Å². The van der Waals surface area contributed by atoms with Crippen LogP contribution in [0.5, 0.6) is 0 Å². The van der Waals surface area contributed by atoms with Gasteiger partial charge in [0.2, 0.25) is 0 Å². The Balaban J connectivity index is 1.37. The van der Waals surface area contributed by atoms with Crippen molar-refractivity contribution in [2.75, 3.05) is 5.32 Å². The number of halogens is 4. The summed E-state index contributed by atoms with van der Waals surface area (Å²) in [7, 11) is 0. The Morgan fingerprint density at radius 3 is 2.65 bits per heavy atom. The molecule has 2 heterocycles. The van der Waals surface area contributed by atoms with Gasteiger partial charge in [0.25, 0.3) is 0 Å². The van der Waals surface area contributed by atoms with Gasteiger partial charge in [-0.15, -0.1) is 0 Å². The Kier molecular flexibility index (Phi) is 6.14. The molecule has 0 bridgehead atoms. The maximum Gasteiger partial charge on any atom is 0.433 e. The maximum atomic E-state index is 13.4. The maximum absolute atomic E-state index is 13.4. The Morgan fingerprint density at radius 1 is 1.12 bits per heavy atom. The average molecular weight is 491 g/mol. The van der Waals surface area contributed by atoms with Gasteiger partial charge < -0.3 is 10.4 Å². The summed E-state index contributed by atoms with van der Waals surface area (Å²) in [6.07, 6.45) is 3.13. The smallest absolute Gasteiger partial charge is 0.433 e. The summed E-state index contributed by atoms with van der Waals surface area (Å²) >= 11 is 6.10. The van der Waals surface area contributed by atoms with Crippen molar-refractivity contribution in [3.63, 3.8) is 0 Å². The zero-order chi connectivity index (χ0) is 23.9. The number of fused-ring (bicyclic) bond motifs is 1. The monoisotopic (exact) mass is 490 g/mol. The Hall–Kier alpha value is -2.81. The van der Waals surface area contributed by atoms with Crippen LogP contribution < -0.4 is 10.4 Å². The lowest BCUT2D eigenvalue weighted by atomic mass is 9.91. The van der Waals surface area contributed by atoms with E-state index >= 15 is 0 Å². The average Bonchev–Trinajstić information content (AvgIpc) is 3.21. The van der Waals surface area contributed by atoms with Crippen LogP contribution in [0.3, 0.4) is 0 Å². The summed E-state index contributed by atoms with van der Waals surface area (Å²) in [5.74, 6) is -0.282. The van der Waals surface area contributed by atoms with E-state index in [1.807, 2.05) is 0 Å². The quantitative estimate of drug-likeness (QED) is 0.386.